The summed E-state index contributed by atoms with van der Waals surface area (Å²) < 4.78 is 30.6. The van der Waals surface area contributed by atoms with Crippen molar-refractivity contribution in [3.8, 4) is 17.1 Å². The number of anilines is 1. The number of nitrogens with one attached hydrogen (secondary N) is 7. The number of likely N-dealkylation sites (N-methyl/N-ethyl adjacent to an activating group) is 2. The molecule has 6 rings (SSSR count). The Morgan fingerprint density at radius 1 is 0.811 bits per heavy atom. The highest BCUT2D eigenvalue weighted by atomic mass is 16.6. The first-order chi connectivity index (χ1) is 44.9. The number of benzene rings is 2. The van der Waals surface area contributed by atoms with Crippen molar-refractivity contribution < 1.29 is 76.7 Å². The molecule has 0 radical (unpaired) electrons. The van der Waals surface area contributed by atoms with Gasteiger partial charge in [0.05, 0.1) is 79.5 Å². The Balaban J connectivity index is 0.931. The zero-order chi connectivity index (χ0) is 69.9. The van der Waals surface area contributed by atoms with Crippen LogP contribution in [-0.2, 0) is 89.8 Å². The number of aryl methyl sites for hydroxylation is 1. The molecule has 2 aliphatic heterocycles. The predicted octanol–water partition coefficient (Wildman–Crippen LogP) is 2.32. The number of hydrogen-bond donors (Lipinski definition) is 10. The topological polar surface area (TPSA) is 415 Å². The summed E-state index contributed by atoms with van der Waals surface area (Å²) in [6.07, 6.45) is -1.40. The van der Waals surface area contributed by atoms with Crippen molar-refractivity contribution in [3.05, 3.63) is 86.7 Å². The average Bonchev–Trinajstić information content (AvgIpc) is 1.60. The van der Waals surface area contributed by atoms with Crippen molar-refractivity contribution >= 4 is 76.2 Å². The summed E-state index contributed by atoms with van der Waals surface area (Å²) in [5, 5.41) is 29.2. The maximum absolute atomic E-state index is 14.0. The van der Waals surface area contributed by atoms with Crippen LogP contribution in [0, 0.1) is 11.8 Å². The molecule has 2 unspecified atom stereocenters. The van der Waals surface area contributed by atoms with E-state index in [2.05, 4.69) is 37.2 Å². The minimum Gasteiger partial charge on any atom is -0.508 e. The first-order valence-electron chi connectivity index (χ1n) is 31.6. The number of nitrogens with two attached hydrogens (primary N) is 2. The second-order valence-electron chi connectivity index (χ2n) is 25.1. The highest BCUT2D eigenvalue weighted by molar-refractivity contribution is 5.98. The number of fused-ring (bicyclic) bond motifs is 5. The normalized spacial score (nSPS) is 14.8. The van der Waals surface area contributed by atoms with Gasteiger partial charge in [-0.1, -0.05) is 39.8 Å². The van der Waals surface area contributed by atoms with Gasteiger partial charge in [-0.25, -0.2) is 24.2 Å². The summed E-state index contributed by atoms with van der Waals surface area (Å²) in [5.74, 6) is -4.91. The molecule has 518 valence electrons. The Morgan fingerprint density at radius 2 is 1.48 bits per heavy atom. The number of cyclic esters (lactones) is 1. The lowest BCUT2D eigenvalue weighted by Gasteiger charge is -2.32. The molecule has 2 aromatic carbocycles. The number of rotatable bonds is 32. The minimum absolute atomic E-state index is 0.00653. The number of esters is 1. The molecule has 0 saturated carbocycles. The van der Waals surface area contributed by atoms with Crippen LogP contribution in [-0.4, -0.2) is 187 Å². The monoisotopic (exact) mass is 1330 g/mol. The summed E-state index contributed by atoms with van der Waals surface area (Å²) in [7, 11) is 2.93. The SMILES string of the molecule is CCc1c2c(nc3ccc(O)cc13)-c1cc3c(c(=O)n1C2)COC(=O)C(OC(=O)N(C)CCN(C)C(=O)OCc1ccc(NC(=O)[C@H](CCCNC(N)=O)NC(=O)[C@@H](NC(=O)CCOC(C)(C)COC(C)(C)CCNC(=O)CNC(=O)CNC(=O)CN)C(C)C)cc1)C(C)C3. The van der Waals surface area contributed by atoms with Crippen molar-refractivity contribution in [3.63, 3.8) is 0 Å². The van der Waals surface area contributed by atoms with Crippen LogP contribution in [0.3, 0.4) is 0 Å². The Labute approximate surface area is 550 Å². The molecular formula is C65H91N13O17. The zero-order valence-electron chi connectivity index (χ0n) is 55.7. The number of amides is 10. The summed E-state index contributed by atoms with van der Waals surface area (Å²) >= 11 is 0. The Kier molecular flexibility index (Phi) is 26.8. The van der Waals surface area contributed by atoms with Crippen molar-refractivity contribution in [1.29, 1.82) is 0 Å². The molecule has 4 heterocycles. The molecule has 12 N–H and O–H groups in total. The number of carbonyl (C=O) groups excluding carboxylic acids is 10. The van der Waals surface area contributed by atoms with Gasteiger partial charge in [-0.3, -0.25) is 33.6 Å². The zero-order valence-corrected chi connectivity index (χ0v) is 55.7. The van der Waals surface area contributed by atoms with Crippen LogP contribution in [0.15, 0.2) is 53.3 Å². The van der Waals surface area contributed by atoms with Crippen molar-refractivity contribution in [1.82, 2.24) is 51.3 Å². The molecule has 10 amide bonds. The first kappa shape index (κ1) is 74.6. The standard InChI is InChI=1S/C65H91N13O17/c1-11-43-44-29-42(79)18-19-47(44)73-55-45(43)33-78-49(55)28-40-27-38(4)56(60(87)91-35-46(40)59(78)86)95-63(90)77(10)25-24-76(9)62(89)92-34-39-14-16-41(17-15-39)72-57(84)48(13-12-22-69-61(67)88)74-58(85)54(37(2)3)75-50(80)20-26-93-65(7,8)36-94-64(5,6)21-23-68-52(82)31-71-53(83)32-70-51(81)30-66/h14-19,28-29,37-38,48,54,56,79H,11-13,20-27,30-36,66H2,1-10H3,(H,68,82)(H,70,81)(H,71,83)(H,72,84)(H,74,85)(H,75,80)(H3,67,69,88)/t38?,48-,54-,56?/m0/s1. The van der Waals surface area contributed by atoms with Crippen LogP contribution in [0.4, 0.5) is 20.1 Å². The maximum atomic E-state index is 14.0. The number of phenolic OH excluding ortho intramolecular Hbond substituents is 1. The van der Waals surface area contributed by atoms with E-state index in [0.29, 0.717) is 52.1 Å². The summed E-state index contributed by atoms with van der Waals surface area (Å²) in [4.78, 5) is 149. The highest BCUT2D eigenvalue weighted by Gasteiger charge is 2.37. The Bertz CT molecular complexity index is 3520. The van der Waals surface area contributed by atoms with Gasteiger partial charge in [-0.2, -0.15) is 0 Å². The first-order valence-corrected chi connectivity index (χ1v) is 31.6. The van der Waals surface area contributed by atoms with Gasteiger partial charge >= 0.3 is 24.2 Å². The van der Waals surface area contributed by atoms with Gasteiger partial charge in [0.2, 0.25) is 41.5 Å². The Morgan fingerprint density at radius 3 is 2.15 bits per heavy atom. The smallest absolute Gasteiger partial charge is 0.410 e. The van der Waals surface area contributed by atoms with E-state index in [0.717, 1.165) is 16.5 Å². The van der Waals surface area contributed by atoms with Crippen LogP contribution in [0.1, 0.15) is 109 Å². The minimum atomic E-state index is -1.31. The number of urea groups is 1. The molecule has 0 saturated heterocycles. The van der Waals surface area contributed by atoms with E-state index in [1.165, 1.54) is 23.9 Å². The van der Waals surface area contributed by atoms with Gasteiger partial charge < -0.3 is 91.8 Å². The third kappa shape index (κ3) is 21.8. The van der Waals surface area contributed by atoms with Gasteiger partial charge in [0.25, 0.3) is 5.56 Å². The fraction of sp³-hybridized carbons (Fsp3) is 0.538. The molecular weight excluding hydrogens is 1230 g/mol. The fourth-order valence-electron chi connectivity index (χ4n) is 10.4. The lowest BCUT2D eigenvalue weighted by molar-refractivity contribution is -0.159. The molecule has 95 heavy (non-hydrogen) atoms. The van der Waals surface area contributed by atoms with Crippen molar-refractivity contribution in [2.24, 2.45) is 23.3 Å². The average molecular weight is 1330 g/mol. The van der Waals surface area contributed by atoms with E-state index in [1.54, 1.807) is 81.7 Å². The quantitative estimate of drug-likeness (QED) is 0.0168. The summed E-state index contributed by atoms with van der Waals surface area (Å²) in [6, 6.07) is 10.3. The number of aromatic nitrogens is 2. The van der Waals surface area contributed by atoms with Gasteiger partial charge in [0.1, 0.15) is 31.0 Å². The predicted molar refractivity (Wildman–Crippen MR) is 348 cm³/mol. The molecule has 2 aliphatic rings. The number of phenols is 1. The second kappa shape index (κ2) is 34.1. The van der Waals surface area contributed by atoms with E-state index in [4.69, 9.17) is 40.1 Å². The van der Waals surface area contributed by atoms with E-state index >= 15 is 0 Å². The molecule has 2 aromatic heterocycles. The van der Waals surface area contributed by atoms with E-state index in [1.807, 2.05) is 26.8 Å². The van der Waals surface area contributed by atoms with Gasteiger partial charge in [-0.05, 0) is 119 Å². The number of nitrogens with zero attached hydrogens (tertiary/aromatic N) is 4. The molecule has 4 atom stereocenters. The maximum Gasteiger partial charge on any atom is 0.410 e. The van der Waals surface area contributed by atoms with Gasteiger partial charge in [0, 0.05) is 62.8 Å². The van der Waals surface area contributed by atoms with Crippen LogP contribution >= 0.6 is 0 Å². The third-order valence-electron chi connectivity index (χ3n) is 16.1. The number of ether oxygens (including phenoxy) is 5. The van der Waals surface area contributed by atoms with Crippen LogP contribution in [0.2, 0.25) is 0 Å². The number of pyridine rings is 2. The van der Waals surface area contributed by atoms with E-state index < -0.39 is 101 Å². The van der Waals surface area contributed by atoms with Gasteiger partial charge in [-0.15, -0.1) is 0 Å². The molecule has 0 spiro atoms. The number of carbonyl (C=O) groups is 10. The molecule has 0 fully saturated rings. The Hall–Kier alpha value is -9.42. The lowest BCUT2D eigenvalue weighted by atomic mass is 9.91. The third-order valence-corrected chi connectivity index (χ3v) is 16.1. The van der Waals surface area contributed by atoms with Crippen molar-refractivity contribution in [2.45, 2.75) is 143 Å². The lowest BCUT2D eigenvalue weighted by Crippen LogP contribution is -2.54. The van der Waals surface area contributed by atoms with Crippen LogP contribution in [0.25, 0.3) is 22.3 Å². The van der Waals surface area contributed by atoms with Crippen molar-refractivity contribution in [2.75, 3.05) is 78.4 Å². The molecule has 30 nitrogen and oxygen atoms in total. The molecule has 30 heteroatoms. The molecule has 0 bridgehead atoms. The van der Waals surface area contributed by atoms with E-state index in [9.17, 15) is 57.8 Å². The number of primary amides is 1. The van der Waals surface area contributed by atoms with Crippen LogP contribution in [0.5, 0.6) is 5.75 Å². The summed E-state index contributed by atoms with van der Waals surface area (Å²) in [6.45, 7) is 13.8. The van der Waals surface area contributed by atoms with Crippen LogP contribution < -0.4 is 54.2 Å². The fourth-order valence-corrected chi connectivity index (χ4v) is 10.4. The molecule has 0 aliphatic carbocycles. The molecule has 4 aromatic rings. The second-order valence-corrected chi connectivity index (χ2v) is 25.1. The number of hydrogen-bond acceptors (Lipinski definition) is 19. The van der Waals surface area contributed by atoms with E-state index in [-0.39, 0.29) is 116 Å². The highest BCUT2D eigenvalue weighted by Crippen LogP contribution is 2.38. The summed E-state index contributed by atoms with van der Waals surface area (Å²) in [5.41, 5.74) is 14.3. The number of aromatic hydroxyl groups is 1. The largest absolute Gasteiger partial charge is 0.508 e. The van der Waals surface area contributed by atoms with Gasteiger partial charge in [0.15, 0.2) is 0 Å².